The first-order valence-electron chi connectivity index (χ1n) is 14.0. The molecule has 230 valence electrons. The Morgan fingerprint density at radius 2 is 1.58 bits per heavy atom. The lowest BCUT2D eigenvalue weighted by molar-refractivity contribution is -0.139. The van der Waals surface area contributed by atoms with Crippen molar-refractivity contribution in [3.63, 3.8) is 0 Å². The van der Waals surface area contributed by atoms with Crippen LogP contribution in [0.5, 0.6) is 0 Å². The summed E-state index contributed by atoms with van der Waals surface area (Å²) >= 11 is 5.81. The number of nitrogens with zero attached hydrogens (tertiary/aromatic N) is 2. The molecule has 0 unspecified atom stereocenters. The van der Waals surface area contributed by atoms with Crippen molar-refractivity contribution in [2.45, 2.75) is 62.2 Å². The molecule has 0 bridgehead atoms. The summed E-state index contributed by atoms with van der Waals surface area (Å²) < 4.78 is 69.5. The van der Waals surface area contributed by atoms with E-state index in [-0.39, 0.29) is 29.1 Å². The Kier molecular flexibility index (Phi) is 10.4. The smallest absolute Gasteiger partial charge is 0.352 e. The van der Waals surface area contributed by atoms with Gasteiger partial charge < -0.3 is 10.2 Å². The molecule has 1 N–H and O–H groups in total. The highest BCUT2D eigenvalue weighted by molar-refractivity contribution is 7.92. The lowest BCUT2D eigenvalue weighted by Gasteiger charge is -2.32. The van der Waals surface area contributed by atoms with E-state index in [1.807, 2.05) is 30.3 Å². The van der Waals surface area contributed by atoms with Crippen LogP contribution in [0.2, 0.25) is 5.02 Å². The molecule has 0 spiro atoms. The van der Waals surface area contributed by atoms with Gasteiger partial charge in [-0.25, -0.2) is 8.42 Å². The van der Waals surface area contributed by atoms with Gasteiger partial charge in [0.05, 0.1) is 21.2 Å². The van der Waals surface area contributed by atoms with Crippen molar-refractivity contribution in [2.75, 3.05) is 17.4 Å². The van der Waals surface area contributed by atoms with Crippen molar-refractivity contribution < 1.29 is 31.2 Å². The highest BCUT2D eigenvalue weighted by Gasteiger charge is 2.37. The molecule has 0 radical (unpaired) electrons. The van der Waals surface area contributed by atoms with Crippen LogP contribution in [0.3, 0.4) is 0 Å². The zero-order valence-corrected chi connectivity index (χ0v) is 25.1. The molecule has 43 heavy (non-hydrogen) atoms. The highest BCUT2D eigenvalue weighted by atomic mass is 35.5. The molecule has 2 amide bonds. The normalized spacial score (nSPS) is 14.7. The number of amides is 2. The molecule has 1 aliphatic rings. The second-order valence-corrected chi connectivity index (χ2v) is 12.7. The molecule has 3 aromatic rings. The van der Waals surface area contributed by atoms with Gasteiger partial charge in [0.2, 0.25) is 11.8 Å². The van der Waals surface area contributed by atoms with Crippen molar-refractivity contribution in [3.8, 4) is 0 Å². The number of sulfonamides is 1. The molecule has 1 saturated carbocycles. The van der Waals surface area contributed by atoms with Crippen molar-refractivity contribution >= 4 is 39.1 Å². The van der Waals surface area contributed by atoms with Gasteiger partial charge in [-0.1, -0.05) is 73.0 Å². The average Bonchev–Trinajstić information content (AvgIpc) is 3.49. The number of hydrogen-bond donors (Lipinski definition) is 1. The summed E-state index contributed by atoms with van der Waals surface area (Å²) in [4.78, 5) is 28.3. The van der Waals surface area contributed by atoms with Crippen LogP contribution in [0.4, 0.5) is 18.9 Å². The first kappa shape index (κ1) is 32.3. The number of nitrogens with one attached hydrogen (secondary N) is 1. The molecule has 12 heteroatoms. The fourth-order valence-corrected chi connectivity index (χ4v) is 6.75. The highest BCUT2D eigenvalue weighted by Crippen LogP contribution is 2.38. The van der Waals surface area contributed by atoms with Crippen LogP contribution in [-0.4, -0.2) is 50.3 Å². The van der Waals surface area contributed by atoms with Crippen molar-refractivity contribution in [1.82, 2.24) is 10.2 Å². The molecule has 0 heterocycles. The fourth-order valence-electron chi connectivity index (χ4n) is 5.10. The van der Waals surface area contributed by atoms with Gasteiger partial charge in [0.15, 0.2) is 0 Å². The molecule has 3 aromatic carbocycles. The Bertz CT molecular complexity index is 1520. The maximum Gasteiger partial charge on any atom is 0.417 e. The summed E-state index contributed by atoms with van der Waals surface area (Å²) in [6.45, 7) is 0.801. The van der Waals surface area contributed by atoms with Gasteiger partial charge in [-0.15, -0.1) is 0 Å². The molecule has 0 saturated heterocycles. The molecule has 1 atom stereocenters. The molecule has 7 nitrogen and oxygen atoms in total. The first-order chi connectivity index (χ1) is 20.4. The van der Waals surface area contributed by atoms with Crippen LogP contribution in [0.25, 0.3) is 0 Å². The predicted molar refractivity (Wildman–Crippen MR) is 159 cm³/mol. The third kappa shape index (κ3) is 8.08. The van der Waals surface area contributed by atoms with E-state index in [0.717, 1.165) is 43.4 Å². The summed E-state index contributed by atoms with van der Waals surface area (Å²) in [5.41, 5.74) is -0.734. The van der Waals surface area contributed by atoms with Gasteiger partial charge >= 0.3 is 6.18 Å². The number of benzene rings is 3. The third-order valence-electron chi connectivity index (χ3n) is 7.51. The number of carbonyl (C=O) groups is 2. The van der Waals surface area contributed by atoms with Crippen LogP contribution in [0, 0.1) is 0 Å². The van der Waals surface area contributed by atoms with E-state index < -0.39 is 45.3 Å². The van der Waals surface area contributed by atoms with Crippen LogP contribution in [0.15, 0.2) is 83.8 Å². The van der Waals surface area contributed by atoms with E-state index in [1.54, 1.807) is 13.0 Å². The van der Waals surface area contributed by atoms with Gasteiger partial charge in [-0.3, -0.25) is 13.9 Å². The van der Waals surface area contributed by atoms with Gasteiger partial charge in [0.1, 0.15) is 12.6 Å². The molecule has 0 aromatic heterocycles. The lowest BCUT2D eigenvalue weighted by Crippen LogP contribution is -2.53. The van der Waals surface area contributed by atoms with Crippen molar-refractivity contribution in [3.05, 3.63) is 95.0 Å². The molecular weight excluding hydrogens is 603 g/mol. The topological polar surface area (TPSA) is 86.8 Å². The Hall–Kier alpha value is -3.57. The molecule has 1 fully saturated rings. The number of rotatable bonds is 11. The summed E-state index contributed by atoms with van der Waals surface area (Å²) in [6.07, 6.45) is -0.853. The van der Waals surface area contributed by atoms with Gasteiger partial charge in [0.25, 0.3) is 10.0 Å². The van der Waals surface area contributed by atoms with E-state index in [4.69, 9.17) is 11.6 Å². The maximum absolute atomic E-state index is 13.9. The zero-order valence-electron chi connectivity index (χ0n) is 23.6. The second-order valence-electron chi connectivity index (χ2n) is 10.5. The van der Waals surface area contributed by atoms with E-state index in [0.29, 0.717) is 16.8 Å². The average molecular weight is 636 g/mol. The number of anilines is 1. The molecule has 4 rings (SSSR count). The quantitative estimate of drug-likeness (QED) is 0.277. The Balaban J connectivity index is 1.70. The minimum atomic E-state index is -4.87. The summed E-state index contributed by atoms with van der Waals surface area (Å²) in [6, 6.07) is 18.1. The number of alkyl halides is 3. The summed E-state index contributed by atoms with van der Waals surface area (Å²) in [5, 5.41) is 2.37. The minimum Gasteiger partial charge on any atom is -0.352 e. The largest absolute Gasteiger partial charge is 0.417 e. The number of hydrogen-bond acceptors (Lipinski definition) is 4. The Morgan fingerprint density at radius 1 is 0.977 bits per heavy atom. The van der Waals surface area contributed by atoms with Crippen LogP contribution >= 0.6 is 11.6 Å². The zero-order chi connectivity index (χ0) is 31.2. The third-order valence-corrected chi connectivity index (χ3v) is 9.62. The maximum atomic E-state index is 13.9. The second kappa shape index (κ2) is 13.8. The monoisotopic (exact) mass is 635 g/mol. The Labute approximate surface area is 254 Å². The van der Waals surface area contributed by atoms with E-state index in [2.05, 4.69) is 5.32 Å². The van der Waals surface area contributed by atoms with Gasteiger partial charge in [-0.2, -0.15) is 13.2 Å². The fraction of sp³-hybridized carbons (Fsp3) is 0.355. The molecule has 1 aliphatic carbocycles. The van der Waals surface area contributed by atoms with E-state index in [9.17, 15) is 31.2 Å². The first-order valence-corrected chi connectivity index (χ1v) is 15.8. The van der Waals surface area contributed by atoms with Crippen LogP contribution < -0.4 is 9.62 Å². The van der Waals surface area contributed by atoms with E-state index in [1.165, 1.54) is 29.2 Å². The predicted octanol–water partition coefficient (Wildman–Crippen LogP) is 6.07. The minimum absolute atomic E-state index is 0.00848. The standard InChI is InChI=1S/C31H33ClF3N3O4S/c1-22(30(40)36-24-12-8-9-13-24)37(19-18-23-10-4-2-5-11-23)29(39)21-38(43(41,42)26-14-6-3-7-15-26)25-16-17-28(32)27(20-25)31(33,34)35/h2-7,10-11,14-17,20,22,24H,8-9,12-13,18-19,21H2,1H3,(H,36,40)/t22-/m0/s1. The number of carbonyl (C=O) groups excluding carboxylic acids is 2. The summed E-state index contributed by atoms with van der Waals surface area (Å²) in [5.74, 6) is -1.12. The van der Waals surface area contributed by atoms with Gasteiger partial charge in [0, 0.05) is 12.6 Å². The SMILES string of the molecule is C[C@@H](C(=O)NC1CCCC1)N(CCc1ccccc1)C(=O)CN(c1ccc(Cl)c(C(F)(F)F)c1)S(=O)(=O)c1ccccc1. The van der Waals surface area contributed by atoms with E-state index >= 15 is 0 Å². The van der Waals surface area contributed by atoms with Crippen molar-refractivity contribution in [1.29, 1.82) is 0 Å². The molecular formula is C31H33ClF3N3O4S. The van der Waals surface area contributed by atoms with Crippen LogP contribution in [-0.2, 0) is 32.2 Å². The molecule has 0 aliphatic heterocycles. The number of halogens is 4. The Morgan fingerprint density at radius 3 is 2.19 bits per heavy atom. The van der Waals surface area contributed by atoms with Crippen LogP contribution in [0.1, 0.15) is 43.7 Å². The van der Waals surface area contributed by atoms with Gasteiger partial charge in [-0.05, 0) is 62.1 Å². The summed E-state index contributed by atoms with van der Waals surface area (Å²) in [7, 11) is -4.51. The van der Waals surface area contributed by atoms with Crippen molar-refractivity contribution in [2.24, 2.45) is 0 Å². The lowest BCUT2D eigenvalue weighted by atomic mass is 10.1.